The summed E-state index contributed by atoms with van der Waals surface area (Å²) >= 11 is 1.51. The van der Waals surface area contributed by atoms with E-state index in [-0.39, 0.29) is 0 Å². The molecule has 0 saturated heterocycles. The fraction of sp³-hybridized carbons (Fsp3) is 0.438. The van der Waals surface area contributed by atoms with Crippen LogP contribution < -0.4 is 9.47 Å². The Labute approximate surface area is 140 Å². The summed E-state index contributed by atoms with van der Waals surface area (Å²) in [6.45, 7) is 7.14. The van der Waals surface area contributed by atoms with E-state index in [1.165, 1.54) is 11.8 Å². The molecule has 1 aromatic carbocycles. The lowest BCUT2D eigenvalue weighted by atomic mass is 10.2. The maximum Gasteiger partial charge on any atom is 0.211 e. The lowest BCUT2D eigenvalue weighted by molar-refractivity contribution is 0.323. The fourth-order valence-corrected chi connectivity index (χ4v) is 2.49. The Balaban J connectivity index is 2.33. The smallest absolute Gasteiger partial charge is 0.211 e. The SMILES string of the molecule is CCOc1ccc(/C=N\n2c(CC)nnc2SC)c(OCC)c1. The molecule has 0 atom stereocenters. The monoisotopic (exact) mass is 334 g/mol. The topological polar surface area (TPSA) is 61.5 Å². The van der Waals surface area contributed by atoms with Crippen molar-refractivity contribution in [1.82, 2.24) is 14.9 Å². The van der Waals surface area contributed by atoms with E-state index in [2.05, 4.69) is 15.3 Å². The molecule has 2 rings (SSSR count). The molecule has 0 N–H and O–H groups in total. The molecule has 0 spiro atoms. The van der Waals surface area contributed by atoms with Gasteiger partial charge in [-0.1, -0.05) is 18.7 Å². The van der Waals surface area contributed by atoms with Crippen molar-refractivity contribution in [3.63, 3.8) is 0 Å². The Morgan fingerprint density at radius 2 is 1.96 bits per heavy atom. The summed E-state index contributed by atoms with van der Waals surface area (Å²) in [7, 11) is 0. The molecule has 6 nitrogen and oxygen atoms in total. The van der Waals surface area contributed by atoms with Crippen molar-refractivity contribution in [3.05, 3.63) is 29.6 Å². The lowest BCUT2D eigenvalue weighted by Gasteiger charge is -2.10. The predicted molar refractivity (Wildman–Crippen MR) is 93.0 cm³/mol. The zero-order valence-corrected chi connectivity index (χ0v) is 14.8. The summed E-state index contributed by atoms with van der Waals surface area (Å²) in [6.07, 6.45) is 4.49. The van der Waals surface area contributed by atoms with Crippen molar-refractivity contribution in [2.24, 2.45) is 5.10 Å². The van der Waals surface area contributed by atoms with Crippen LogP contribution in [-0.4, -0.2) is 40.6 Å². The van der Waals surface area contributed by atoms with E-state index >= 15 is 0 Å². The molecule has 23 heavy (non-hydrogen) atoms. The van der Waals surface area contributed by atoms with Crippen LogP contribution in [0, 0.1) is 0 Å². The third-order valence-electron chi connectivity index (χ3n) is 3.08. The lowest BCUT2D eigenvalue weighted by Crippen LogP contribution is -2.01. The number of rotatable bonds is 8. The molecule has 1 aromatic heterocycles. The number of aryl methyl sites for hydroxylation is 1. The van der Waals surface area contributed by atoms with Crippen molar-refractivity contribution >= 4 is 18.0 Å². The third-order valence-corrected chi connectivity index (χ3v) is 3.70. The first-order valence-corrected chi connectivity index (χ1v) is 8.88. The second-order valence-corrected chi connectivity index (χ2v) is 5.35. The van der Waals surface area contributed by atoms with Crippen molar-refractivity contribution in [3.8, 4) is 11.5 Å². The van der Waals surface area contributed by atoms with Gasteiger partial charge in [0.2, 0.25) is 5.16 Å². The van der Waals surface area contributed by atoms with Crippen molar-refractivity contribution < 1.29 is 9.47 Å². The largest absolute Gasteiger partial charge is 0.494 e. The molecule has 0 saturated carbocycles. The minimum absolute atomic E-state index is 0.583. The quantitative estimate of drug-likeness (QED) is 0.548. The van der Waals surface area contributed by atoms with Gasteiger partial charge in [-0.25, -0.2) is 0 Å². The molecule has 1 heterocycles. The van der Waals surface area contributed by atoms with Crippen molar-refractivity contribution in [2.75, 3.05) is 19.5 Å². The number of hydrogen-bond donors (Lipinski definition) is 0. The Morgan fingerprint density at radius 1 is 1.17 bits per heavy atom. The predicted octanol–water partition coefficient (Wildman–Crippen LogP) is 3.24. The van der Waals surface area contributed by atoms with Gasteiger partial charge in [0, 0.05) is 18.1 Å². The summed E-state index contributed by atoms with van der Waals surface area (Å²) in [4.78, 5) is 0. The summed E-state index contributed by atoms with van der Waals surface area (Å²) < 4.78 is 13.0. The van der Waals surface area contributed by atoms with E-state index in [4.69, 9.17) is 9.47 Å². The number of thioether (sulfide) groups is 1. The second kappa shape index (κ2) is 8.57. The number of ether oxygens (including phenoxy) is 2. The molecule has 0 aliphatic rings. The van der Waals surface area contributed by atoms with Crippen molar-refractivity contribution in [1.29, 1.82) is 0 Å². The number of benzene rings is 1. The van der Waals surface area contributed by atoms with E-state index in [1.54, 1.807) is 10.9 Å². The fourth-order valence-electron chi connectivity index (χ4n) is 2.04. The Morgan fingerprint density at radius 3 is 2.61 bits per heavy atom. The van der Waals surface area contributed by atoms with Crippen LogP contribution >= 0.6 is 11.8 Å². The number of nitrogens with zero attached hydrogens (tertiary/aromatic N) is 4. The van der Waals surface area contributed by atoms with Gasteiger partial charge in [-0.05, 0) is 32.2 Å². The van der Waals surface area contributed by atoms with Crippen LogP contribution in [0.1, 0.15) is 32.2 Å². The van der Waals surface area contributed by atoms with Crippen LogP contribution in [0.25, 0.3) is 0 Å². The molecule has 124 valence electrons. The van der Waals surface area contributed by atoms with Crippen LogP contribution in [0.5, 0.6) is 11.5 Å². The van der Waals surface area contributed by atoms with Gasteiger partial charge in [-0.3, -0.25) is 0 Å². The number of hydrogen-bond acceptors (Lipinski definition) is 6. The molecule has 0 aliphatic carbocycles. The van der Waals surface area contributed by atoms with E-state index in [9.17, 15) is 0 Å². The van der Waals surface area contributed by atoms with E-state index in [1.807, 2.05) is 45.2 Å². The molecule has 0 radical (unpaired) electrons. The van der Waals surface area contributed by atoms with Crippen LogP contribution in [0.4, 0.5) is 0 Å². The Hall–Kier alpha value is -2.02. The highest BCUT2D eigenvalue weighted by molar-refractivity contribution is 7.98. The highest BCUT2D eigenvalue weighted by Gasteiger charge is 2.09. The highest BCUT2D eigenvalue weighted by Crippen LogP contribution is 2.24. The standard InChI is InChI=1S/C16H22N4O2S/c1-5-15-18-19-16(23-4)20(15)17-11-12-8-9-13(21-6-2)10-14(12)22-7-3/h8-11H,5-7H2,1-4H3/b17-11-. The average molecular weight is 334 g/mol. The van der Waals surface area contributed by atoms with Gasteiger partial charge in [0.25, 0.3) is 0 Å². The third kappa shape index (κ3) is 4.25. The summed E-state index contributed by atoms with van der Waals surface area (Å²) in [5.74, 6) is 2.37. The van der Waals surface area contributed by atoms with Gasteiger partial charge >= 0.3 is 0 Å². The number of aromatic nitrogens is 3. The van der Waals surface area contributed by atoms with Crippen molar-refractivity contribution in [2.45, 2.75) is 32.3 Å². The van der Waals surface area contributed by atoms with Gasteiger partial charge < -0.3 is 9.47 Å². The first kappa shape index (κ1) is 17.3. The average Bonchev–Trinajstić information content (AvgIpc) is 2.96. The molecule has 2 aromatic rings. The minimum Gasteiger partial charge on any atom is -0.494 e. The van der Waals surface area contributed by atoms with Gasteiger partial charge in [0.1, 0.15) is 11.5 Å². The summed E-state index contributed by atoms with van der Waals surface area (Å²) in [5, 5.41) is 13.6. The summed E-state index contributed by atoms with van der Waals surface area (Å²) in [6, 6.07) is 5.74. The Kier molecular flexibility index (Phi) is 6.46. The first-order chi connectivity index (χ1) is 11.2. The normalized spacial score (nSPS) is 11.1. The Bertz CT molecular complexity index is 649. The molecule has 0 fully saturated rings. The molecule has 0 aliphatic heterocycles. The van der Waals surface area contributed by atoms with Crippen LogP contribution in [-0.2, 0) is 6.42 Å². The van der Waals surface area contributed by atoms with Crippen LogP contribution in [0.15, 0.2) is 28.5 Å². The van der Waals surface area contributed by atoms with E-state index in [0.717, 1.165) is 34.5 Å². The highest BCUT2D eigenvalue weighted by atomic mass is 32.2. The zero-order valence-electron chi connectivity index (χ0n) is 13.9. The molecule has 0 amide bonds. The van der Waals surface area contributed by atoms with Crippen LogP contribution in [0.3, 0.4) is 0 Å². The molecule has 7 heteroatoms. The van der Waals surface area contributed by atoms with E-state index in [0.29, 0.717) is 13.2 Å². The molecular formula is C16H22N4O2S. The minimum atomic E-state index is 0.583. The van der Waals surface area contributed by atoms with E-state index < -0.39 is 0 Å². The van der Waals surface area contributed by atoms with Gasteiger partial charge in [-0.2, -0.15) is 9.78 Å². The maximum atomic E-state index is 5.69. The zero-order chi connectivity index (χ0) is 16.7. The second-order valence-electron chi connectivity index (χ2n) is 4.58. The summed E-state index contributed by atoms with van der Waals surface area (Å²) in [5.41, 5.74) is 0.887. The van der Waals surface area contributed by atoms with Crippen LogP contribution in [0.2, 0.25) is 0 Å². The van der Waals surface area contributed by atoms with Gasteiger partial charge in [0.15, 0.2) is 5.82 Å². The first-order valence-electron chi connectivity index (χ1n) is 7.65. The molecule has 0 bridgehead atoms. The van der Waals surface area contributed by atoms with Gasteiger partial charge in [-0.15, -0.1) is 10.2 Å². The molecular weight excluding hydrogens is 312 g/mol. The maximum absolute atomic E-state index is 5.69. The van der Waals surface area contributed by atoms with Gasteiger partial charge in [0.05, 0.1) is 19.4 Å². The molecule has 0 unspecified atom stereocenters.